The van der Waals surface area contributed by atoms with Crippen molar-refractivity contribution in [2.24, 2.45) is 4.99 Å². The summed E-state index contributed by atoms with van der Waals surface area (Å²) in [5.41, 5.74) is 2.42. The molecule has 98 valence electrons. The molecule has 0 aliphatic carbocycles. The predicted molar refractivity (Wildman–Crippen MR) is 79.2 cm³/mol. The van der Waals surface area contributed by atoms with Crippen molar-refractivity contribution in [3.05, 3.63) is 42.5 Å². The maximum Gasteiger partial charge on any atom is 0.191 e. The minimum absolute atomic E-state index is 0.706. The summed E-state index contributed by atoms with van der Waals surface area (Å²) in [4.78, 5) is 6.23. The molecule has 0 bridgehead atoms. The number of nitrogens with one attached hydrogen (secondary N) is 2. The lowest BCUT2D eigenvalue weighted by Gasteiger charge is -2.15. The van der Waals surface area contributed by atoms with Crippen molar-refractivity contribution in [1.29, 1.82) is 0 Å². The van der Waals surface area contributed by atoms with Crippen LogP contribution in [0.5, 0.6) is 0 Å². The standard InChI is InChI=1S/C14H22N4/c1-5-9-16-14(15-2)17-11-12-7-6-8-13(10-12)18(3)4/h5-8,10H,1,9,11H2,2-4H3,(H2,15,16,17). The van der Waals surface area contributed by atoms with Gasteiger partial charge in [0.25, 0.3) is 0 Å². The number of guanidine groups is 1. The topological polar surface area (TPSA) is 39.7 Å². The molecule has 0 aromatic heterocycles. The van der Waals surface area contributed by atoms with E-state index in [1.807, 2.05) is 14.1 Å². The summed E-state index contributed by atoms with van der Waals surface area (Å²) in [6, 6.07) is 8.41. The lowest BCUT2D eigenvalue weighted by atomic mass is 10.2. The third kappa shape index (κ3) is 4.49. The average Bonchev–Trinajstić information content (AvgIpc) is 2.39. The molecule has 18 heavy (non-hydrogen) atoms. The molecule has 0 saturated heterocycles. The van der Waals surface area contributed by atoms with Gasteiger partial charge >= 0.3 is 0 Å². The van der Waals surface area contributed by atoms with E-state index in [9.17, 15) is 0 Å². The van der Waals surface area contributed by atoms with E-state index in [4.69, 9.17) is 0 Å². The number of hydrogen-bond acceptors (Lipinski definition) is 2. The highest BCUT2D eigenvalue weighted by atomic mass is 15.2. The van der Waals surface area contributed by atoms with E-state index in [0.717, 1.165) is 12.5 Å². The van der Waals surface area contributed by atoms with Crippen LogP contribution in [0.1, 0.15) is 5.56 Å². The lowest BCUT2D eigenvalue weighted by molar-refractivity contribution is 0.847. The van der Waals surface area contributed by atoms with Crippen molar-refractivity contribution < 1.29 is 0 Å². The van der Waals surface area contributed by atoms with E-state index in [0.29, 0.717) is 6.54 Å². The summed E-state index contributed by atoms with van der Waals surface area (Å²) in [6.07, 6.45) is 1.81. The summed E-state index contributed by atoms with van der Waals surface area (Å²) >= 11 is 0. The number of nitrogens with zero attached hydrogens (tertiary/aromatic N) is 2. The minimum Gasteiger partial charge on any atom is -0.378 e. The Morgan fingerprint density at radius 1 is 1.39 bits per heavy atom. The zero-order chi connectivity index (χ0) is 13.4. The van der Waals surface area contributed by atoms with E-state index in [1.165, 1.54) is 11.3 Å². The predicted octanol–water partition coefficient (Wildman–Crippen LogP) is 1.60. The van der Waals surface area contributed by atoms with Crippen LogP contribution in [-0.4, -0.2) is 33.6 Å². The fourth-order valence-corrected chi connectivity index (χ4v) is 1.52. The van der Waals surface area contributed by atoms with Crippen molar-refractivity contribution >= 4 is 11.6 Å². The first-order valence-electron chi connectivity index (χ1n) is 5.99. The highest BCUT2D eigenvalue weighted by molar-refractivity contribution is 5.79. The quantitative estimate of drug-likeness (QED) is 0.471. The molecule has 1 aromatic rings. The van der Waals surface area contributed by atoms with Gasteiger partial charge in [-0.25, -0.2) is 0 Å². The molecule has 0 aliphatic rings. The molecule has 1 aromatic carbocycles. The van der Waals surface area contributed by atoms with E-state index in [-0.39, 0.29) is 0 Å². The number of aliphatic imine (C=N–C) groups is 1. The Balaban J connectivity index is 2.57. The maximum absolute atomic E-state index is 4.13. The highest BCUT2D eigenvalue weighted by Crippen LogP contribution is 2.12. The zero-order valence-corrected chi connectivity index (χ0v) is 11.4. The first-order chi connectivity index (χ1) is 8.67. The van der Waals surface area contributed by atoms with Gasteiger partial charge in [-0.05, 0) is 17.7 Å². The van der Waals surface area contributed by atoms with E-state index in [1.54, 1.807) is 13.1 Å². The summed E-state index contributed by atoms with van der Waals surface area (Å²) in [7, 11) is 5.84. The molecule has 4 nitrogen and oxygen atoms in total. The van der Waals surface area contributed by atoms with Gasteiger partial charge in [-0.1, -0.05) is 18.2 Å². The number of hydrogen-bond donors (Lipinski definition) is 2. The molecule has 0 radical (unpaired) electrons. The number of benzene rings is 1. The van der Waals surface area contributed by atoms with Crippen LogP contribution in [0, 0.1) is 0 Å². The minimum atomic E-state index is 0.706. The second kappa shape index (κ2) is 7.37. The van der Waals surface area contributed by atoms with Gasteiger partial charge in [-0.3, -0.25) is 4.99 Å². The van der Waals surface area contributed by atoms with Gasteiger partial charge in [-0.15, -0.1) is 6.58 Å². The summed E-state index contributed by atoms with van der Waals surface area (Å²) in [5.74, 6) is 0.783. The van der Waals surface area contributed by atoms with Gasteiger partial charge in [0.2, 0.25) is 0 Å². The monoisotopic (exact) mass is 246 g/mol. The molecule has 0 aliphatic heterocycles. The van der Waals surface area contributed by atoms with E-state index in [2.05, 4.69) is 51.4 Å². The average molecular weight is 246 g/mol. The molecule has 0 spiro atoms. The third-order valence-corrected chi connectivity index (χ3v) is 2.52. The smallest absolute Gasteiger partial charge is 0.191 e. The zero-order valence-electron chi connectivity index (χ0n) is 11.4. The Kier molecular flexibility index (Phi) is 5.77. The molecular formula is C14H22N4. The van der Waals surface area contributed by atoms with Gasteiger partial charge < -0.3 is 15.5 Å². The number of anilines is 1. The molecular weight excluding hydrogens is 224 g/mol. The van der Waals surface area contributed by atoms with Crippen LogP contribution in [0.4, 0.5) is 5.69 Å². The normalized spacial score (nSPS) is 10.9. The highest BCUT2D eigenvalue weighted by Gasteiger charge is 1.99. The Morgan fingerprint density at radius 3 is 2.78 bits per heavy atom. The van der Waals surface area contributed by atoms with Crippen LogP contribution >= 0.6 is 0 Å². The Morgan fingerprint density at radius 2 is 2.17 bits per heavy atom. The first kappa shape index (κ1) is 14.1. The van der Waals surface area contributed by atoms with Crippen LogP contribution < -0.4 is 15.5 Å². The summed E-state index contributed by atoms with van der Waals surface area (Å²) < 4.78 is 0. The number of rotatable bonds is 5. The molecule has 0 fully saturated rings. The molecule has 0 saturated carbocycles. The van der Waals surface area contributed by atoms with Gasteiger partial charge in [-0.2, -0.15) is 0 Å². The Bertz CT molecular complexity index is 410. The van der Waals surface area contributed by atoms with Crippen molar-refractivity contribution in [3.8, 4) is 0 Å². The second-order valence-corrected chi connectivity index (χ2v) is 4.16. The molecule has 1 rings (SSSR count). The van der Waals surface area contributed by atoms with Crippen molar-refractivity contribution in [2.45, 2.75) is 6.54 Å². The summed E-state index contributed by atoms with van der Waals surface area (Å²) in [5, 5.41) is 6.40. The third-order valence-electron chi connectivity index (χ3n) is 2.52. The van der Waals surface area contributed by atoms with Crippen LogP contribution in [-0.2, 0) is 6.54 Å². The fraction of sp³-hybridized carbons (Fsp3) is 0.357. The van der Waals surface area contributed by atoms with Gasteiger partial charge in [0.05, 0.1) is 0 Å². The van der Waals surface area contributed by atoms with E-state index < -0.39 is 0 Å². The first-order valence-corrected chi connectivity index (χ1v) is 5.99. The molecule has 0 amide bonds. The molecule has 0 unspecified atom stereocenters. The van der Waals surface area contributed by atoms with Crippen molar-refractivity contribution in [1.82, 2.24) is 10.6 Å². The van der Waals surface area contributed by atoms with E-state index >= 15 is 0 Å². The summed E-state index contributed by atoms with van der Waals surface area (Å²) in [6.45, 7) is 5.12. The van der Waals surface area contributed by atoms with Gasteiger partial charge in [0.1, 0.15) is 0 Å². The van der Waals surface area contributed by atoms with Crippen molar-refractivity contribution in [2.75, 3.05) is 32.6 Å². The lowest BCUT2D eigenvalue weighted by Crippen LogP contribution is -2.36. The van der Waals surface area contributed by atoms with Crippen LogP contribution in [0.15, 0.2) is 41.9 Å². The fourth-order valence-electron chi connectivity index (χ4n) is 1.52. The Labute approximate surface area is 109 Å². The van der Waals surface area contributed by atoms with Gasteiger partial charge in [0.15, 0.2) is 5.96 Å². The Hall–Kier alpha value is -1.97. The molecule has 0 atom stereocenters. The van der Waals surface area contributed by atoms with Crippen LogP contribution in [0.25, 0.3) is 0 Å². The maximum atomic E-state index is 4.13. The van der Waals surface area contributed by atoms with Crippen LogP contribution in [0.3, 0.4) is 0 Å². The van der Waals surface area contributed by atoms with Crippen LogP contribution in [0.2, 0.25) is 0 Å². The molecule has 2 N–H and O–H groups in total. The van der Waals surface area contributed by atoms with Crippen molar-refractivity contribution in [3.63, 3.8) is 0 Å². The van der Waals surface area contributed by atoms with Gasteiger partial charge in [0, 0.05) is 39.9 Å². The molecule has 0 heterocycles. The largest absolute Gasteiger partial charge is 0.378 e. The second-order valence-electron chi connectivity index (χ2n) is 4.16. The molecule has 4 heteroatoms. The SMILES string of the molecule is C=CCNC(=NC)NCc1cccc(N(C)C)c1.